The van der Waals surface area contributed by atoms with Crippen LogP contribution in [-0.2, 0) is 22.0 Å². The first kappa shape index (κ1) is 39.2. The molecule has 0 aliphatic rings. The van der Waals surface area contributed by atoms with Crippen LogP contribution in [-0.4, -0.2) is 39.5 Å². The molecule has 3 atom stereocenters. The lowest BCUT2D eigenvalue weighted by Crippen LogP contribution is -2.61. The summed E-state index contributed by atoms with van der Waals surface area (Å²) in [6.07, 6.45) is 4.20. The molecule has 0 spiro atoms. The fourth-order valence-corrected chi connectivity index (χ4v) is 10.1. The number of carbonyl (C=O) groups is 1. The second-order valence-electron chi connectivity index (χ2n) is 13.7. The molecule has 0 aliphatic heterocycles. The van der Waals surface area contributed by atoms with E-state index < -0.39 is 16.8 Å². The van der Waals surface area contributed by atoms with Gasteiger partial charge in [-0.05, 0) is 91.2 Å². The summed E-state index contributed by atoms with van der Waals surface area (Å²) in [5.74, 6) is 0.389. The normalized spacial score (nSPS) is 14.6. The van der Waals surface area contributed by atoms with Crippen molar-refractivity contribution in [3.8, 4) is 5.75 Å². The maximum atomic E-state index is 16.0. The van der Waals surface area contributed by atoms with E-state index in [1.54, 1.807) is 7.11 Å². The number of aliphatic hydroxyl groups excluding tert-OH is 1. The topological polar surface area (TPSA) is 98.3 Å². The van der Waals surface area contributed by atoms with Crippen molar-refractivity contribution in [3.05, 3.63) is 146 Å². The van der Waals surface area contributed by atoms with E-state index in [2.05, 4.69) is 85.7 Å². The molecule has 3 unspecified atom stereocenters. The monoisotopic (exact) mass is 1020 g/mol. The number of thioether (sulfide) groups is 1. The lowest BCUT2D eigenvalue weighted by Gasteiger charge is -2.41. The second-order valence-corrected chi connectivity index (χ2v) is 18.4. The number of benzene rings is 5. The van der Waals surface area contributed by atoms with Gasteiger partial charge in [0.15, 0.2) is 24.7 Å². The van der Waals surface area contributed by atoms with Crippen LogP contribution in [0.4, 0.5) is 5.69 Å². The summed E-state index contributed by atoms with van der Waals surface area (Å²) in [6, 6.07) is 37.4. The Balaban J connectivity index is 1.40. The number of nitrogens with zero attached hydrogens (tertiary/aromatic N) is 3. The number of aliphatic hydroxyl groups is 1. The van der Waals surface area contributed by atoms with Crippen molar-refractivity contribution < 1.29 is 19.2 Å². The average Bonchev–Trinajstić information content (AvgIpc) is 3.68. The van der Waals surface area contributed by atoms with Gasteiger partial charge in [0.05, 0.1) is 35.6 Å². The summed E-state index contributed by atoms with van der Waals surface area (Å²) >= 11 is 16.1. The number of nitrogens with two attached hydrogens (primary N) is 1. The Morgan fingerprint density at radius 2 is 1.23 bits per heavy atom. The van der Waals surface area contributed by atoms with Gasteiger partial charge in [-0.15, -0.1) is 11.8 Å². The van der Waals surface area contributed by atoms with Crippen molar-refractivity contribution in [2.45, 2.75) is 29.7 Å². The van der Waals surface area contributed by atoms with Gasteiger partial charge in [0.25, 0.3) is 0 Å². The molecule has 8 nitrogen and oxygen atoms in total. The minimum Gasteiger partial charge on any atom is -0.497 e. The molecule has 0 radical (unpaired) electrons. The van der Waals surface area contributed by atoms with Crippen LogP contribution < -0.4 is 20.4 Å². The minimum absolute atomic E-state index is 0.131. The number of aromatic nitrogens is 3. The van der Waals surface area contributed by atoms with E-state index in [-0.39, 0.29) is 18.7 Å². The molecule has 3 heterocycles. The number of ketones is 1. The largest absolute Gasteiger partial charge is 0.497 e. The van der Waals surface area contributed by atoms with Gasteiger partial charge in [0.1, 0.15) is 17.5 Å². The number of methoxy groups -OCH3 is 1. The lowest BCUT2D eigenvalue weighted by atomic mass is 9.93. The number of carbonyl (C=O) groups excluding carboxylic acids is 1. The highest BCUT2D eigenvalue weighted by molar-refractivity contribution is 9.11. The zero-order valence-corrected chi connectivity index (χ0v) is 37.4. The Labute approximate surface area is 361 Å². The lowest BCUT2D eigenvalue weighted by molar-refractivity contribution is -0.705. The molecular weight excluding hydrogens is 986 g/mol. The van der Waals surface area contributed by atoms with Gasteiger partial charge in [0.2, 0.25) is 4.99 Å². The first-order valence-corrected chi connectivity index (χ1v) is 22.1. The van der Waals surface area contributed by atoms with Gasteiger partial charge in [-0.1, -0.05) is 75.9 Å². The number of hydrogen-bond donors (Lipinski definition) is 3. The number of fused-ring (bicyclic) bond motifs is 6. The van der Waals surface area contributed by atoms with Gasteiger partial charge in [-0.2, -0.15) is 0 Å². The van der Waals surface area contributed by atoms with E-state index >= 15 is 4.79 Å². The highest BCUT2D eigenvalue weighted by atomic mass is 79.9. The number of anilines is 1. The average molecular weight is 1020 g/mol. The molecule has 0 bridgehead atoms. The molecular formula is C43H36Br4N5O3S+. The van der Waals surface area contributed by atoms with Crippen molar-refractivity contribution >= 4 is 131 Å². The summed E-state index contributed by atoms with van der Waals surface area (Å²) in [7, 11) is 1.62. The summed E-state index contributed by atoms with van der Waals surface area (Å²) in [5, 5.41) is 20.1. The summed E-state index contributed by atoms with van der Waals surface area (Å²) in [6.45, 7) is 0.131. The standard InChI is InChI=1S/C43H36Br4N5O3S/c1-55-31-8-6-7-30(23-31)49-43(56-2,52-38-15-11-28(46)21-34(38)35-22-29(47)12-16-39(35)52)40(53)24-42(48,41(54)25-50-17-4-3-5-18-50)51-36-13-9-26(44)19-32(36)33-20-27(45)10-14-37(33)51/h3-23,41,49,54H,24-25,48H2,1-2H3/q+1. The molecule has 8 aromatic rings. The molecule has 0 amide bonds. The predicted molar refractivity (Wildman–Crippen MR) is 242 cm³/mol. The Bertz CT molecular complexity index is 2680. The van der Waals surface area contributed by atoms with Gasteiger partial charge in [0, 0.05) is 63.3 Å². The highest BCUT2D eigenvalue weighted by Crippen LogP contribution is 2.45. The number of halogens is 4. The summed E-state index contributed by atoms with van der Waals surface area (Å²) in [4.78, 5) is 14.6. The maximum absolute atomic E-state index is 16.0. The predicted octanol–water partition coefficient (Wildman–Crippen LogP) is 10.7. The molecule has 284 valence electrons. The summed E-state index contributed by atoms with van der Waals surface area (Å²) < 4.78 is 15.2. The van der Waals surface area contributed by atoms with Crippen LogP contribution in [0.25, 0.3) is 43.6 Å². The van der Waals surface area contributed by atoms with Crippen LogP contribution in [0.5, 0.6) is 5.75 Å². The first-order valence-electron chi connectivity index (χ1n) is 17.7. The third kappa shape index (κ3) is 6.88. The van der Waals surface area contributed by atoms with Crippen LogP contribution in [0.15, 0.2) is 146 Å². The number of nitrogens with one attached hydrogen (secondary N) is 1. The molecule has 56 heavy (non-hydrogen) atoms. The molecule has 3 aromatic heterocycles. The molecule has 0 saturated carbocycles. The molecule has 13 heteroatoms. The van der Waals surface area contributed by atoms with E-state index in [1.165, 1.54) is 11.8 Å². The van der Waals surface area contributed by atoms with E-state index in [4.69, 9.17) is 10.5 Å². The van der Waals surface area contributed by atoms with Crippen molar-refractivity contribution in [3.63, 3.8) is 0 Å². The summed E-state index contributed by atoms with van der Waals surface area (Å²) in [5.41, 5.74) is 10.0. The Hall–Kier alpha value is -3.69. The van der Waals surface area contributed by atoms with Crippen LogP contribution in [0, 0.1) is 0 Å². The smallest absolute Gasteiger partial charge is 0.224 e. The van der Waals surface area contributed by atoms with E-state index in [0.29, 0.717) is 11.4 Å². The Kier molecular flexibility index (Phi) is 10.9. The van der Waals surface area contributed by atoms with Crippen LogP contribution >= 0.6 is 75.5 Å². The SMILES string of the molecule is COc1cccc(NC(SC)(C(=O)CC(N)(C(O)C[n+]2ccccc2)n2c3ccc(Br)cc3c3cc(Br)ccc32)n2c3ccc(Br)cc3c3cc(Br)ccc32)c1. The third-order valence-electron chi connectivity index (χ3n) is 10.3. The molecule has 4 N–H and O–H groups in total. The van der Waals surface area contributed by atoms with E-state index in [0.717, 1.165) is 61.5 Å². The number of hydrogen-bond acceptors (Lipinski definition) is 6. The van der Waals surface area contributed by atoms with Crippen molar-refractivity contribution in [2.24, 2.45) is 5.73 Å². The zero-order chi connectivity index (χ0) is 39.4. The highest BCUT2D eigenvalue weighted by Gasteiger charge is 2.49. The van der Waals surface area contributed by atoms with Crippen LogP contribution in [0.3, 0.4) is 0 Å². The first-order chi connectivity index (χ1) is 26.9. The van der Waals surface area contributed by atoms with Crippen molar-refractivity contribution in [2.75, 3.05) is 18.7 Å². The van der Waals surface area contributed by atoms with Gasteiger partial charge in [-0.25, -0.2) is 4.57 Å². The van der Waals surface area contributed by atoms with Crippen molar-refractivity contribution in [1.29, 1.82) is 0 Å². The third-order valence-corrected chi connectivity index (χ3v) is 13.4. The van der Waals surface area contributed by atoms with Crippen LogP contribution in [0.1, 0.15) is 6.42 Å². The van der Waals surface area contributed by atoms with E-state index in [9.17, 15) is 5.11 Å². The fourth-order valence-electron chi connectivity index (χ4n) is 7.76. The molecule has 0 saturated heterocycles. The zero-order valence-electron chi connectivity index (χ0n) is 30.2. The number of Topliss-reactive ketones (excluding diaryl/α,β-unsaturated/α-hetero) is 1. The van der Waals surface area contributed by atoms with Gasteiger partial charge < -0.3 is 30.0 Å². The number of pyridine rings is 1. The molecule has 0 aliphatic carbocycles. The van der Waals surface area contributed by atoms with Crippen molar-refractivity contribution in [1.82, 2.24) is 9.13 Å². The molecule has 0 fully saturated rings. The Morgan fingerprint density at radius 3 is 1.70 bits per heavy atom. The minimum atomic E-state index is -1.66. The molecule has 8 rings (SSSR count). The molecule has 5 aromatic carbocycles. The van der Waals surface area contributed by atoms with E-state index in [1.807, 2.05) is 131 Å². The van der Waals surface area contributed by atoms with Gasteiger partial charge >= 0.3 is 0 Å². The fraction of sp³-hybridized carbons (Fsp3) is 0.163. The number of ether oxygens (including phenoxy) is 1. The Morgan fingerprint density at radius 1 is 0.750 bits per heavy atom. The number of rotatable bonds is 12. The quantitative estimate of drug-likeness (QED) is 0.0833. The van der Waals surface area contributed by atoms with Crippen LogP contribution in [0.2, 0.25) is 0 Å². The maximum Gasteiger partial charge on any atom is 0.224 e. The van der Waals surface area contributed by atoms with Gasteiger partial charge in [-0.3, -0.25) is 4.79 Å². The second kappa shape index (κ2) is 15.6.